The average molecular weight is 302 g/mol. The molecule has 4 heteroatoms. The molecule has 0 amide bonds. The van der Waals surface area contributed by atoms with E-state index in [1.54, 1.807) is 23.7 Å². The fourth-order valence-corrected chi connectivity index (χ4v) is 3.85. The molecular weight excluding hydrogens is 284 g/mol. The highest BCUT2D eigenvalue weighted by atomic mass is 32.2. The minimum Gasteiger partial charge on any atom is -0.331 e. The molecule has 0 aromatic heterocycles. The number of rotatable bonds is 3. The zero-order valence-electron chi connectivity index (χ0n) is 11.7. The molecule has 2 aliphatic heterocycles. The number of benzene rings is 1. The first-order valence-corrected chi connectivity index (χ1v) is 8.63. The van der Waals surface area contributed by atoms with Gasteiger partial charge in [-0.3, -0.25) is 0 Å². The van der Waals surface area contributed by atoms with Gasteiger partial charge in [-0.05, 0) is 47.7 Å². The van der Waals surface area contributed by atoms with Crippen molar-refractivity contribution in [2.75, 3.05) is 12.3 Å². The van der Waals surface area contributed by atoms with E-state index >= 15 is 0 Å². The summed E-state index contributed by atoms with van der Waals surface area (Å²) in [4.78, 5) is 4.74. The molecule has 1 aromatic rings. The van der Waals surface area contributed by atoms with E-state index in [9.17, 15) is 0 Å². The van der Waals surface area contributed by atoms with Crippen LogP contribution in [0.15, 0.2) is 56.8 Å². The molecule has 2 aliphatic rings. The molecule has 0 unspecified atom stereocenters. The lowest BCUT2D eigenvalue weighted by Crippen LogP contribution is -2.32. The maximum atomic E-state index is 4.59. The highest BCUT2D eigenvalue weighted by Gasteiger charge is 2.20. The Morgan fingerprint density at radius 1 is 1.25 bits per heavy atom. The van der Waals surface area contributed by atoms with Gasteiger partial charge < -0.3 is 4.90 Å². The molecule has 0 fully saturated rings. The molecule has 0 atom stereocenters. The van der Waals surface area contributed by atoms with Crippen LogP contribution in [0.4, 0.5) is 0 Å². The monoisotopic (exact) mass is 302 g/mol. The van der Waals surface area contributed by atoms with E-state index in [0.29, 0.717) is 5.92 Å². The second kappa shape index (κ2) is 6.10. The minimum absolute atomic E-state index is 0.584. The molecule has 2 heterocycles. The van der Waals surface area contributed by atoms with Gasteiger partial charge in [0.15, 0.2) is 5.84 Å². The third-order valence-electron chi connectivity index (χ3n) is 3.36. The number of hydrogen-bond donors (Lipinski definition) is 0. The molecule has 2 nitrogen and oxygen atoms in total. The van der Waals surface area contributed by atoms with Crippen molar-refractivity contribution in [3.63, 3.8) is 0 Å². The van der Waals surface area contributed by atoms with Crippen LogP contribution in [-0.4, -0.2) is 23.0 Å². The Morgan fingerprint density at radius 3 is 2.80 bits per heavy atom. The average Bonchev–Trinajstić information content (AvgIpc) is 2.48. The SMILES string of the molecule is CC(C)c1ccc(SC2=CC=CN3CCSN=C23)cc1. The maximum Gasteiger partial charge on any atom is 0.154 e. The van der Waals surface area contributed by atoms with Crippen LogP contribution in [0.1, 0.15) is 25.3 Å². The predicted molar refractivity (Wildman–Crippen MR) is 90.2 cm³/mol. The number of fused-ring (bicyclic) bond motifs is 1. The van der Waals surface area contributed by atoms with Gasteiger partial charge in [0.2, 0.25) is 0 Å². The van der Waals surface area contributed by atoms with Crippen molar-refractivity contribution < 1.29 is 0 Å². The highest BCUT2D eigenvalue weighted by Crippen LogP contribution is 2.33. The largest absolute Gasteiger partial charge is 0.331 e. The Balaban J connectivity index is 1.78. The van der Waals surface area contributed by atoms with Gasteiger partial charge in [0, 0.05) is 23.4 Å². The summed E-state index contributed by atoms with van der Waals surface area (Å²) in [5, 5.41) is 0. The van der Waals surface area contributed by atoms with Crippen molar-refractivity contribution in [3.05, 3.63) is 53.1 Å². The molecule has 0 radical (unpaired) electrons. The van der Waals surface area contributed by atoms with Crippen LogP contribution in [0, 0.1) is 0 Å². The van der Waals surface area contributed by atoms with E-state index in [4.69, 9.17) is 0 Å². The molecular formula is C16H18N2S2. The van der Waals surface area contributed by atoms with Crippen molar-refractivity contribution >= 4 is 29.5 Å². The Hall–Kier alpha value is -1.13. The molecule has 0 bridgehead atoms. The highest BCUT2D eigenvalue weighted by molar-refractivity contribution is 8.04. The van der Waals surface area contributed by atoms with Crippen LogP contribution < -0.4 is 0 Å². The summed E-state index contributed by atoms with van der Waals surface area (Å²) in [6.07, 6.45) is 6.38. The van der Waals surface area contributed by atoms with Crippen LogP contribution in [-0.2, 0) is 0 Å². The van der Waals surface area contributed by atoms with Gasteiger partial charge in [0.1, 0.15) is 0 Å². The summed E-state index contributed by atoms with van der Waals surface area (Å²) in [5.41, 5.74) is 1.39. The molecule has 104 valence electrons. The number of amidine groups is 1. The number of nitrogens with zero attached hydrogens (tertiary/aromatic N) is 2. The van der Waals surface area contributed by atoms with Gasteiger partial charge >= 0.3 is 0 Å². The van der Waals surface area contributed by atoms with E-state index < -0.39 is 0 Å². The first-order valence-electron chi connectivity index (χ1n) is 6.87. The van der Waals surface area contributed by atoms with Crippen LogP contribution in [0.3, 0.4) is 0 Å². The molecule has 1 aromatic carbocycles. The van der Waals surface area contributed by atoms with E-state index in [0.717, 1.165) is 18.1 Å². The lowest BCUT2D eigenvalue weighted by Gasteiger charge is -2.28. The second-order valence-corrected chi connectivity index (χ2v) is 7.10. The Morgan fingerprint density at radius 2 is 2.05 bits per heavy atom. The lowest BCUT2D eigenvalue weighted by atomic mass is 10.0. The zero-order chi connectivity index (χ0) is 13.9. The standard InChI is InChI=1S/C16H18N2S2/c1-12(2)13-5-7-14(8-6-13)20-15-4-3-9-18-10-11-19-17-16(15)18/h3-9,12H,10-11H2,1-2H3. The molecule has 0 saturated carbocycles. The van der Waals surface area contributed by atoms with Gasteiger partial charge in [-0.25, -0.2) is 0 Å². The number of thioether (sulfide) groups is 1. The van der Waals surface area contributed by atoms with E-state index in [1.165, 1.54) is 15.4 Å². The van der Waals surface area contributed by atoms with Crippen LogP contribution in [0.5, 0.6) is 0 Å². The summed E-state index contributed by atoms with van der Waals surface area (Å²) in [7, 11) is 0. The predicted octanol–water partition coefficient (Wildman–Crippen LogP) is 4.68. The Kier molecular flexibility index (Phi) is 4.22. The molecule has 0 spiro atoms. The summed E-state index contributed by atoms with van der Waals surface area (Å²) >= 11 is 3.45. The topological polar surface area (TPSA) is 15.6 Å². The lowest BCUT2D eigenvalue weighted by molar-refractivity contribution is 0.590. The van der Waals surface area contributed by atoms with Gasteiger partial charge in [-0.2, -0.15) is 4.40 Å². The molecule has 3 rings (SSSR count). The van der Waals surface area contributed by atoms with E-state index in [1.807, 2.05) is 0 Å². The van der Waals surface area contributed by atoms with Crippen LogP contribution >= 0.6 is 23.7 Å². The Labute approximate surface area is 129 Å². The summed E-state index contributed by atoms with van der Waals surface area (Å²) in [6, 6.07) is 8.86. The third-order valence-corrected chi connectivity index (χ3v) is 5.07. The first kappa shape index (κ1) is 13.8. The summed E-state index contributed by atoms with van der Waals surface area (Å²) in [6.45, 7) is 5.50. The van der Waals surface area contributed by atoms with Crippen molar-refractivity contribution in [2.24, 2.45) is 4.40 Å². The fraction of sp³-hybridized carbons (Fsp3) is 0.312. The first-order chi connectivity index (χ1) is 9.74. The summed E-state index contributed by atoms with van der Waals surface area (Å²) < 4.78 is 4.59. The Bertz CT molecular complexity index is 571. The fourth-order valence-electron chi connectivity index (χ4n) is 2.17. The zero-order valence-corrected chi connectivity index (χ0v) is 13.4. The van der Waals surface area contributed by atoms with Crippen molar-refractivity contribution in [3.8, 4) is 0 Å². The van der Waals surface area contributed by atoms with Gasteiger partial charge in [0.05, 0.1) is 4.91 Å². The van der Waals surface area contributed by atoms with Crippen molar-refractivity contribution in [1.29, 1.82) is 0 Å². The molecule has 0 saturated heterocycles. The summed E-state index contributed by atoms with van der Waals surface area (Å²) in [5.74, 6) is 2.75. The molecule has 20 heavy (non-hydrogen) atoms. The quantitative estimate of drug-likeness (QED) is 0.754. The van der Waals surface area contributed by atoms with Crippen molar-refractivity contribution in [2.45, 2.75) is 24.7 Å². The van der Waals surface area contributed by atoms with Crippen molar-refractivity contribution in [1.82, 2.24) is 4.90 Å². The minimum atomic E-state index is 0.584. The number of allylic oxidation sites excluding steroid dienone is 2. The van der Waals surface area contributed by atoms with E-state index in [2.05, 4.69) is 65.8 Å². The van der Waals surface area contributed by atoms with Crippen LogP contribution in [0.25, 0.3) is 0 Å². The maximum absolute atomic E-state index is 4.59. The van der Waals surface area contributed by atoms with Gasteiger partial charge in [-0.15, -0.1) is 0 Å². The van der Waals surface area contributed by atoms with Crippen LogP contribution in [0.2, 0.25) is 0 Å². The number of hydrogen-bond acceptors (Lipinski definition) is 4. The smallest absolute Gasteiger partial charge is 0.154 e. The van der Waals surface area contributed by atoms with Gasteiger partial charge in [0.25, 0.3) is 0 Å². The third kappa shape index (κ3) is 2.96. The molecule has 0 N–H and O–H groups in total. The van der Waals surface area contributed by atoms with E-state index in [-0.39, 0.29) is 0 Å². The van der Waals surface area contributed by atoms with Gasteiger partial charge in [-0.1, -0.05) is 37.7 Å². The molecule has 0 aliphatic carbocycles. The second-order valence-electron chi connectivity index (χ2n) is 5.14. The normalized spacial score (nSPS) is 17.9.